The number of aryl methyl sites for hydroxylation is 1. The summed E-state index contributed by atoms with van der Waals surface area (Å²) in [5.74, 6) is 1.96. The Labute approximate surface area is 602 Å². The summed E-state index contributed by atoms with van der Waals surface area (Å²) in [6.45, 7) is 6.37. The Balaban J connectivity index is 0.000000201. The summed E-state index contributed by atoms with van der Waals surface area (Å²) < 4.78 is 26.2. The molecule has 476 valence electrons. The monoisotopic (exact) mass is 1660 g/mol. The predicted molar refractivity (Wildman–Crippen MR) is 413 cm³/mol. The number of fused-ring (bicyclic) bond motifs is 1. The summed E-state index contributed by atoms with van der Waals surface area (Å²) in [5.41, 5.74) is 16.8. The molecule has 9 nitrogen and oxygen atoms in total. The average molecular weight is 1670 g/mol. The number of nitrogens with one attached hydrogen (secondary N) is 1. The lowest BCUT2D eigenvalue weighted by molar-refractivity contribution is -0.138. The van der Waals surface area contributed by atoms with E-state index in [0.717, 1.165) is 75.1 Å². The smallest absolute Gasteiger partial charge is 0.330 e. The number of nitrogens with two attached hydrogens (primary N) is 1. The number of pyridine rings is 1. The highest BCUT2D eigenvalue weighted by Crippen LogP contribution is 2.35. The molecule has 21 heteroatoms. The largest absolute Gasteiger partial charge is 0.463 e. The molecule has 10 aromatic rings. The predicted octanol–water partition coefficient (Wildman–Crippen LogP) is 23.0. The van der Waals surface area contributed by atoms with E-state index in [1.165, 1.54) is 47.3 Å². The first-order valence-electron chi connectivity index (χ1n) is 28.2. The standard InChI is InChI=1S/C24H21BrClNO2S.C22H15BrClNOS.C18H19NO2S.C7H6BrI.FH3OP2/c1-2-29-24(28)13-8-18-14-20(30-16-17-6-4-3-5-7-17)10-12-22(18)27-23-11-9-19(26)15-21(23)25;23-19-13-17(24)7-9-21(19)25-20-10-8-18(12-16(20)6-11-22(25)26)27-14-15-4-2-1-3-5-15;1-2-21-18(20)11-8-15-12-16(9-10-17(15)19)22-13-14-6-4-3-5-7-14;1-5-2-3-7(9)6(8)4-5;1-3-4-2/h3-15,27H,2,16H2,1H3;1-13H,14H2;3-12H,2,13,19H2,1H3;2-4H,1H3;2-4H/b13-8+;;11-8+;;. The molecule has 92 heavy (non-hydrogen) atoms. The maximum Gasteiger partial charge on any atom is 0.330 e. The van der Waals surface area contributed by atoms with Gasteiger partial charge in [0.1, 0.15) is 8.58 Å². The molecule has 0 saturated heterocycles. The van der Waals surface area contributed by atoms with Gasteiger partial charge in [0.25, 0.3) is 5.56 Å². The fourth-order valence-corrected chi connectivity index (χ4v) is 13.3. The normalized spacial score (nSPS) is 10.9. The van der Waals surface area contributed by atoms with Gasteiger partial charge in [0, 0.05) is 88.6 Å². The third kappa shape index (κ3) is 26.5. The molecule has 10 rings (SSSR count). The molecule has 9 aromatic carbocycles. The highest BCUT2D eigenvalue weighted by Gasteiger charge is 2.12. The average Bonchev–Trinajstić information content (AvgIpc) is 0.955. The van der Waals surface area contributed by atoms with Crippen molar-refractivity contribution in [2.75, 3.05) is 24.3 Å². The molecule has 0 aliphatic rings. The number of thioether (sulfide) groups is 3. The molecule has 4 N–H and O–H groups in total. The number of carbonyl (C=O) groups is 2. The minimum Gasteiger partial charge on any atom is -0.463 e. The first-order valence-corrected chi connectivity index (χ1v) is 38.2. The van der Waals surface area contributed by atoms with Crippen LogP contribution in [0.15, 0.2) is 257 Å². The van der Waals surface area contributed by atoms with Crippen molar-refractivity contribution in [2.24, 2.45) is 0 Å². The number of nitrogen functional groups attached to an aromatic ring is 1. The van der Waals surface area contributed by atoms with Gasteiger partial charge in [-0.25, -0.2) is 13.8 Å². The van der Waals surface area contributed by atoms with E-state index in [0.29, 0.717) is 28.9 Å². The van der Waals surface area contributed by atoms with Gasteiger partial charge in [0.2, 0.25) is 0 Å². The van der Waals surface area contributed by atoms with Gasteiger partial charge >= 0.3 is 11.9 Å². The number of hydrogen-bond donors (Lipinski definition) is 3. The molecule has 0 spiro atoms. The summed E-state index contributed by atoms with van der Waals surface area (Å²) in [6.07, 6.45) is 6.32. The van der Waals surface area contributed by atoms with Crippen molar-refractivity contribution < 1.29 is 28.2 Å². The Bertz CT molecular complexity index is 4130. The summed E-state index contributed by atoms with van der Waals surface area (Å²) in [5, 5.41) is 5.71. The van der Waals surface area contributed by atoms with Crippen LogP contribution in [0, 0.1) is 10.5 Å². The molecule has 0 amide bonds. The fourth-order valence-electron chi connectivity index (χ4n) is 8.15. The van der Waals surface area contributed by atoms with Gasteiger partial charge in [-0.1, -0.05) is 120 Å². The van der Waals surface area contributed by atoms with Crippen LogP contribution in [-0.2, 0) is 36.3 Å². The van der Waals surface area contributed by atoms with Gasteiger partial charge in [0.05, 0.1) is 38.6 Å². The Morgan fingerprint density at radius 2 is 1.08 bits per heavy atom. The maximum atomic E-state index is 12.6. The van der Waals surface area contributed by atoms with E-state index in [2.05, 4.69) is 174 Å². The van der Waals surface area contributed by atoms with Crippen molar-refractivity contribution in [3.8, 4) is 5.69 Å². The molecular weight excluding hydrogens is 1610 g/mol. The van der Waals surface area contributed by atoms with Crippen LogP contribution < -0.4 is 16.6 Å². The van der Waals surface area contributed by atoms with Crippen LogP contribution in [0.1, 0.15) is 47.2 Å². The molecule has 1 aromatic heterocycles. The van der Waals surface area contributed by atoms with Crippen LogP contribution in [0.4, 0.5) is 21.3 Å². The lowest BCUT2D eigenvalue weighted by Crippen LogP contribution is -2.17. The molecular formula is C71H64Br3Cl2FIN3O6P2S3. The quantitative estimate of drug-likeness (QED) is 0.0178. The van der Waals surface area contributed by atoms with Gasteiger partial charge < -0.3 is 25.4 Å². The summed E-state index contributed by atoms with van der Waals surface area (Å²) in [7, 11) is -1.27. The zero-order valence-corrected chi connectivity index (χ0v) is 62.8. The van der Waals surface area contributed by atoms with Gasteiger partial charge in [-0.3, -0.25) is 9.36 Å². The topological polar surface area (TPSA) is 133 Å². The number of esters is 2. The zero-order chi connectivity index (χ0) is 66.2. The summed E-state index contributed by atoms with van der Waals surface area (Å²) >= 11 is 30.2. The Kier molecular flexibility index (Phi) is 34.2. The van der Waals surface area contributed by atoms with Gasteiger partial charge in [0.15, 0.2) is 0 Å². The van der Waals surface area contributed by atoms with Crippen LogP contribution in [-0.4, -0.2) is 34.6 Å². The highest BCUT2D eigenvalue weighted by molar-refractivity contribution is 14.1. The second kappa shape index (κ2) is 41.6. The van der Waals surface area contributed by atoms with Crippen molar-refractivity contribution in [1.29, 1.82) is 0 Å². The third-order valence-corrected chi connectivity index (χ3v) is 20.2. The fraction of sp³-hybridized carbons (Fsp3) is 0.113. The van der Waals surface area contributed by atoms with Crippen LogP contribution in [0.3, 0.4) is 0 Å². The Hall–Kier alpha value is -5.24. The number of hydrogen-bond acceptors (Lipinski definition) is 11. The van der Waals surface area contributed by atoms with E-state index >= 15 is 0 Å². The molecule has 0 aliphatic heterocycles. The lowest BCUT2D eigenvalue weighted by atomic mass is 10.1. The second-order valence-corrected chi connectivity index (χ2v) is 28.6. The minimum absolute atomic E-state index is 0.0739. The molecule has 2 atom stereocenters. The molecule has 0 aliphatic carbocycles. The minimum atomic E-state index is -0.776. The summed E-state index contributed by atoms with van der Waals surface area (Å²) in [6, 6.07) is 70.0. The van der Waals surface area contributed by atoms with Crippen molar-refractivity contribution in [3.05, 3.63) is 295 Å². The van der Waals surface area contributed by atoms with E-state index in [4.69, 9.17) is 43.3 Å². The molecule has 0 saturated carbocycles. The number of nitrogens with zero attached hydrogens (tertiary/aromatic N) is 1. The van der Waals surface area contributed by atoms with Crippen LogP contribution in [0.25, 0.3) is 28.7 Å². The molecule has 1 heterocycles. The Morgan fingerprint density at radius 3 is 1.58 bits per heavy atom. The molecule has 0 bridgehead atoms. The number of halogens is 7. The van der Waals surface area contributed by atoms with Gasteiger partial charge in [-0.05, 0) is 251 Å². The number of rotatable bonds is 19. The number of anilines is 3. The van der Waals surface area contributed by atoms with Crippen LogP contribution >= 0.6 is 146 Å². The van der Waals surface area contributed by atoms with Crippen molar-refractivity contribution in [2.45, 2.75) is 52.7 Å². The van der Waals surface area contributed by atoms with Crippen molar-refractivity contribution in [1.82, 2.24) is 4.57 Å². The zero-order valence-electron chi connectivity index (χ0n) is 49.9. The first-order chi connectivity index (χ1) is 44.5. The molecule has 0 radical (unpaired) electrons. The van der Waals surface area contributed by atoms with E-state index in [1.807, 2.05) is 103 Å². The highest BCUT2D eigenvalue weighted by atomic mass is 127. The maximum absolute atomic E-state index is 12.6. The Morgan fingerprint density at radius 1 is 0.598 bits per heavy atom. The van der Waals surface area contributed by atoms with E-state index in [-0.39, 0.29) is 17.5 Å². The van der Waals surface area contributed by atoms with Crippen molar-refractivity contribution >= 4 is 198 Å². The van der Waals surface area contributed by atoms with Crippen LogP contribution in [0.2, 0.25) is 10.0 Å². The number of benzene rings is 9. The van der Waals surface area contributed by atoms with E-state index < -0.39 is 17.1 Å². The third-order valence-electron chi connectivity index (χ3n) is 12.5. The number of carbonyl (C=O) groups excluding carboxylic acids is 2. The SMILES string of the molecule is CCOC(=O)/C=C/c1cc(SCc2ccccc2)ccc1N.CCOC(=O)/C=C/c1cc(SCc2ccccc2)ccc1Nc1ccc(Cl)cc1Br.Cc1ccc(I)c(Br)c1.O=c1ccc2cc(SCc3ccccc3)ccc2n1-c1ccc(Cl)cc1Br.OPPF. The summed E-state index contributed by atoms with van der Waals surface area (Å²) in [4.78, 5) is 46.7. The molecule has 0 fully saturated rings. The van der Waals surface area contributed by atoms with E-state index in [1.54, 1.807) is 84.1 Å². The van der Waals surface area contributed by atoms with Crippen molar-refractivity contribution in [3.63, 3.8) is 0 Å². The number of ether oxygens (including phenoxy) is 2. The van der Waals surface area contributed by atoms with E-state index in [9.17, 15) is 18.6 Å². The first kappa shape index (κ1) is 75.8. The van der Waals surface area contributed by atoms with Gasteiger partial charge in [-0.2, -0.15) is 0 Å². The second-order valence-electron chi connectivity index (χ2n) is 19.2. The van der Waals surface area contributed by atoms with Gasteiger partial charge in [-0.15, -0.1) is 35.3 Å². The van der Waals surface area contributed by atoms with Crippen LogP contribution in [0.5, 0.6) is 0 Å². The molecule has 2 unspecified atom stereocenters. The number of aromatic nitrogens is 1. The lowest BCUT2D eigenvalue weighted by Gasteiger charge is -2.13.